The Balaban J connectivity index is 1.71. The molecule has 0 aromatic heterocycles. The molecule has 2 amide bonds. The molecule has 1 N–H and O–H groups in total. The number of benzene rings is 3. The molecular weight excluding hydrogens is 547 g/mol. The Morgan fingerprint density at radius 1 is 0.903 bits per heavy atom. The van der Waals surface area contributed by atoms with Crippen LogP contribution in [-0.2, 0) is 9.59 Å². The largest absolute Gasteiger partial charge is 0.497 e. The summed E-state index contributed by atoms with van der Waals surface area (Å²) >= 11 is 9.42. The first kappa shape index (κ1) is 21.7. The molecule has 0 aliphatic carbocycles. The van der Waals surface area contributed by atoms with Crippen molar-refractivity contribution in [1.29, 1.82) is 0 Å². The van der Waals surface area contributed by atoms with Gasteiger partial charge in [0.15, 0.2) is 0 Å². The Morgan fingerprint density at radius 2 is 1.55 bits per heavy atom. The lowest BCUT2D eigenvalue weighted by Gasteiger charge is -2.15. The van der Waals surface area contributed by atoms with E-state index >= 15 is 0 Å². The number of ether oxygens (including phenoxy) is 1. The number of nitrogens with zero attached hydrogens (tertiary/aromatic N) is 1. The van der Waals surface area contributed by atoms with Gasteiger partial charge in [-0.1, -0.05) is 23.4 Å². The average molecular weight is 563 g/mol. The highest BCUT2D eigenvalue weighted by atomic mass is 127. The molecule has 0 radical (unpaired) electrons. The van der Waals surface area contributed by atoms with Crippen LogP contribution in [0.3, 0.4) is 0 Å². The van der Waals surface area contributed by atoms with Crippen LogP contribution in [0.5, 0.6) is 5.75 Å². The van der Waals surface area contributed by atoms with Crippen molar-refractivity contribution in [2.45, 2.75) is 4.90 Å². The molecule has 0 fully saturated rings. The Labute approximate surface area is 202 Å². The van der Waals surface area contributed by atoms with Crippen LogP contribution in [0.4, 0.5) is 11.4 Å². The molecule has 0 spiro atoms. The summed E-state index contributed by atoms with van der Waals surface area (Å²) in [6, 6.07) is 21.5. The van der Waals surface area contributed by atoms with Gasteiger partial charge >= 0.3 is 0 Å². The number of hydrogen-bond acceptors (Lipinski definition) is 5. The minimum Gasteiger partial charge on any atom is -0.497 e. The van der Waals surface area contributed by atoms with E-state index in [-0.39, 0.29) is 11.6 Å². The van der Waals surface area contributed by atoms with Crippen molar-refractivity contribution < 1.29 is 14.3 Å². The lowest BCUT2D eigenvalue weighted by molar-refractivity contribution is -0.120. The first-order valence-corrected chi connectivity index (χ1v) is 11.5. The molecule has 4 rings (SSSR count). The molecule has 0 unspecified atom stereocenters. The van der Waals surface area contributed by atoms with Gasteiger partial charge in [-0.05, 0) is 95.4 Å². The molecule has 1 heterocycles. The van der Waals surface area contributed by atoms with E-state index in [4.69, 9.17) is 16.3 Å². The van der Waals surface area contributed by atoms with E-state index in [9.17, 15) is 9.59 Å². The summed E-state index contributed by atoms with van der Waals surface area (Å²) in [5.41, 5.74) is 1.44. The molecule has 5 nitrogen and oxygen atoms in total. The first-order valence-electron chi connectivity index (χ1n) is 9.19. The summed E-state index contributed by atoms with van der Waals surface area (Å²) in [5, 5.41) is 3.75. The van der Waals surface area contributed by atoms with Gasteiger partial charge in [0.05, 0.1) is 12.8 Å². The molecule has 31 heavy (non-hydrogen) atoms. The maximum atomic E-state index is 13.3. The molecule has 0 bridgehead atoms. The SMILES string of the molecule is COc1ccc(N2C(=O)C(Nc3ccc(I)cc3)=C(Sc3ccc(Cl)cc3)C2=O)cc1. The van der Waals surface area contributed by atoms with E-state index in [1.165, 1.54) is 16.7 Å². The second-order valence-electron chi connectivity index (χ2n) is 6.54. The Kier molecular flexibility index (Phi) is 6.54. The minimum absolute atomic E-state index is 0.238. The van der Waals surface area contributed by atoms with E-state index in [0.29, 0.717) is 21.4 Å². The van der Waals surface area contributed by atoms with Crippen LogP contribution in [0, 0.1) is 3.57 Å². The molecule has 0 atom stereocenters. The van der Waals surface area contributed by atoms with Gasteiger partial charge in [-0.15, -0.1) is 0 Å². The van der Waals surface area contributed by atoms with Crippen molar-refractivity contribution >= 4 is 69.1 Å². The van der Waals surface area contributed by atoms with Crippen LogP contribution >= 0.6 is 46.0 Å². The van der Waals surface area contributed by atoms with Crippen molar-refractivity contribution in [2.24, 2.45) is 0 Å². The number of halogens is 2. The predicted molar refractivity (Wildman–Crippen MR) is 133 cm³/mol. The van der Waals surface area contributed by atoms with Crippen molar-refractivity contribution in [3.8, 4) is 5.75 Å². The predicted octanol–water partition coefficient (Wildman–Crippen LogP) is 5.94. The van der Waals surface area contributed by atoms with E-state index in [1.54, 1.807) is 43.5 Å². The molecule has 3 aromatic carbocycles. The van der Waals surface area contributed by atoms with Gasteiger partial charge in [-0.2, -0.15) is 0 Å². The third-order valence-corrected chi connectivity index (χ3v) is 6.58. The molecular formula is C23H16ClIN2O3S. The van der Waals surface area contributed by atoms with Gasteiger partial charge in [-0.25, -0.2) is 4.90 Å². The monoisotopic (exact) mass is 562 g/mol. The highest BCUT2D eigenvalue weighted by molar-refractivity contribution is 14.1. The van der Waals surface area contributed by atoms with Gasteiger partial charge in [0.2, 0.25) is 0 Å². The maximum absolute atomic E-state index is 13.3. The minimum atomic E-state index is -0.412. The number of methoxy groups -OCH3 is 1. The van der Waals surface area contributed by atoms with Crippen molar-refractivity contribution in [1.82, 2.24) is 0 Å². The number of carbonyl (C=O) groups is 2. The summed E-state index contributed by atoms with van der Waals surface area (Å²) < 4.78 is 6.25. The zero-order chi connectivity index (χ0) is 22.0. The van der Waals surface area contributed by atoms with E-state index in [2.05, 4.69) is 27.9 Å². The zero-order valence-electron chi connectivity index (χ0n) is 16.3. The molecule has 3 aromatic rings. The Hall–Kier alpha value is -2.49. The normalized spacial score (nSPS) is 13.7. The third-order valence-electron chi connectivity index (χ3n) is 4.52. The molecule has 0 saturated heterocycles. The molecule has 1 aliphatic heterocycles. The summed E-state index contributed by atoms with van der Waals surface area (Å²) in [6.07, 6.45) is 0. The zero-order valence-corrected chi connectivity index (χ0v) is 20.0. The van der Waals surface area contributed by atoms with Crippen LogP contribution in [0.25, 0.3) is 0 Å². The second kappa shape index (κ2) is 9.33. The quantitative estimate of drug-likeness (QED) is 0.298. The number of nitrogens with one attached hydrogen (secondary N) is 1. The lowest BCUT2D eigenvalue weighted by atomic mass is 10.2. The van der Waals surface area contributed by atoms with Gasteiger partial charge < -0.3 is 10.1 Å². The number of anilines is 2. The van der Waals surface area contributed by atoms with E-state index < -0.39 is 5.91 Å². The summed E-state index contributed by atoms with van der Waals surface area (Å²) in [6.45, 7) is 0. The van der Waals surface area contributed by atoms with Crippen molar-refractivity contribution in [2.75, 3.05) is 17.3 Å². The highest BCUT2D eigenvalue weighted by Gasteiger charge is 2.40. The standard InChI is InChI=1S/C23H16ClIN2O3S/c1-30-18-10-8-17(9-11-18)27-22(28)20(26-16-6-4-15(25)5-7-16)21(23(27)29)31-19-12-2-14(24)3-13-19/h2-13,26H,1H3. The topological polar surface area (TPSA) is 58.6 Å². The van der Waals surface area contributed by atoms with E-state index in [0.717, 1.165) is 14.2 Å². The summed E-state index contributed by atoms with van der Waals surface area (Å²) in [5.74, 6) is -0.155. The van der Waals surface area contributed by atoms with Gasteiger partial charge in [0.1, 0.15) is 16.4 Å². The molecule has 0 saturated carbocycles. The smallest absolute Gasteiger partial charge is 0.283 e. The van der Waals surface area contributed by atoms with Gasteiger partial charge in [-0.3, -0.25) is 9.59 Å². The van der Waals surface area contributed by atoms with Crippen LogP contribution in [-0.4, -0.2) is 18.9 Å². The van der Waals surface area contributed by atoms with Gasteiger partial charge in [0, 0.05) is 19.2 Å². The third kappa shape index (κ3) is 4.73. The van der Waals surface area contributed by atoms with Crippen LogP contribution in [0.1, 0.15) is 0 Å². The number of rotatable bonds is 6. The number of carbonyl (C=O) groups excluding carboxylic acids is 2. The fraction of sp³-hybridized carbons (Fsp3) is 0.0435. The maximum Gasteiger partial charge on any atom is 0.283 e. The molecule has 1 aliphatic rings. The lowest BCUT2D eigenvalue weighted by Crippen LogP contribution is -2.32. The number of amides is 2. The van der Waals surface area contributed by atoms with E-state index in [1.807, 2.05) is 36.4 Å². The Bertz CT molecular complexity index is 1090. The highest BCUT2D eigenvalue weighted by Crippen LogP contribution is 2.38. The molecule has 156 valence electrons. The average Bonchev–Trinajstić information content (AvgIpc) is 3.01. The summed E-state index contributed by atoms with van der Waals surface area (Å²) in [4.78, 5) is 28.9. The van der Waals surface area contributed by atoms with Crippen LogP contribution < -0.4 is 15.0 Å². The van der Waals surface area contributed by atoms with Crippen LogP contribution in [0.2, 0.25) is 5.02 Å². The number of thioether (sulfide) groups is 1. The van der Waals surface area contributed by atoms with Crippen molar-refractivity contribution in [3.05, 3.63) is 92.0 Å². The Morgan fingerprint density at radius 3 is 2.16 bits per heavy atom. The fourth-order valence-corrected chi connectivity index (χ4v) is 4.39. The second-order valence-corrected chi connectivity index (χ2v) is 9.30. The van der Waals surface area contributed by atoms with Crippen molar-refractivity contribution in [3.63, 3.8) is 0 Å². The number of imide groups is 1. The fourth-order valence-electron chi connectivity index (χ4n) is 2.98. The van der Waals surface area contributed by atoms with Gasteiger partial charge in [0.25, 0.3) is 11.8 Å². The van der Waals surface area contributed by atoms with Crippen LogP contribution in [0.15, 0.2) is 88.3 Å². The molecule has 8 heteroatoms. The number of hydrogen-bond donors (Lipinski definition) is 1. The first-order chi connectivity index (χ1) is 15.0. The summed E-state index contributed by atoms with van der Waals surface area (Å²) in [7, 11) is 1.56.